The molecule has 0 atom stereocenters. The summed E-state index contributed by atoms with van der Waals surface area (Å²) in [5.41, 5.74) is -0.399. The van der Waals surface area contributed by atoms with Crippen LogP contribution in [0.3, 0.4) is 0 Å². The van der Waals surface area contributed by atoms with E-state index >= 15 is 0 Å². The van der Waals surface area contributed by atoms with Crippen LogP contribution in [0.5, 0.6) is 0 Å². The normalized spacial score (nSPS) is 33.5. The topological polar surface area (TPSA) is 29.5 Å². The van der Waals surface area contributed by atoms with Crippen molar-refractivity contribution in [2.24, 2.45) is 23.2 Å². The number of halogens is 2. The first kappa shape index (κ1) is 19.6. The van der Waals surface area contributed by atoms with Crippen molar-refractivity contribution >= 4 is 5.97 Å². The van der Waals surface area contributed by atoms with E-state index in [2.05, 4.69) is 25.7 Å². The van der Waals surface area contributed by atoms with Crippen molar-refractivity contribution in [3.8, 4) is 0 Å². The molecule has 4 rings (SSSR count). The van der Waals surface area contributed by atoms with Crippen LogP contribution < -0.4 is 0 Å². The Morgan fingerprint density at radius 1 is 1.00 bits per heavy atom. The fourth-order valence-corrected chi connectivity index (χ4v) is 5.32. The first-order valence-corrected chi connectivity index (χ1v) is 9.60. The quantitative estimate of drug-likeness (QED) is 0.670. The van der Waals surface area contributed by atoms with E-state index in [4.69, 9.17) is 4.74 Å². The smallest absolute Gasteiger partial charge is 0.312 e. The monoisotopic (exact) mass is 345 g/mol. The lowest BCUT2D eigenvalue weighted by molar-refractivity contribution is -0.175. The summed E-state index contributed by atoms with van der Waals surface area (Å²) in [6.45, 7) is 9.39. The molecule has 4 bridgehead atoms. The number of esters is 1. The summed E-state index contributed by atoms with van der Waals surface area (Å²) in [6.07, 6.45) is 3.79. The van der Waals surface area contributed by atoms with Gasteiger partial charge in [-0.25, -0.2) is 8.78 Å². The van der Waals surface area contributed by atoms with Gasteiger partial charge in [0.05, 0.1) is 5.41 Å². The van der Waals surface area contributed by atoms with Crippen molar-refractivity contribution in [3.05, 3.63) is 0 Å². The molecule has 0 radical (unpaired) electrons. The van der Waals surface area contributed by atoms with Crippen LogP contribution in [-0.4, -0.2) is 43.5 Å². The lowest BCUT2D eigenvalue weighted by Crippen LogP contribution is -2.50. The minimum atomic E-state index is -2.55. The fraction of sp³-hybridized carbons (Fsp3) is 0.947. The molecule has 0 aromatic heterocycles. The van der Waals surface area contributed by atoms with Gasteiger partial charge in [0.15, 0.2) is 6.61 Å². The standard InChI is InChI=1S/C13H18F2O2.C6H15N/c14-11(15)7-17-12(16)13-4-8-1-9(5-13)3-10(2-8)6-13;1-4-7(5-2)6-3/h8-11H,1-7H2;4-6H2,1-3H3. The Labute approximate surface area is 145 Å². The zero-order chi connectivity index (χ0) is 17.7. The lowest BCUT2D eigenvalue weighted by atomic mass is 9.49. The molecule has 0 spiro atoms. The zero-order valence-corrected chi connectivity index (χ0v) is 15.4. The second kappa shape index (κ2) is 8.59. The van der Waals surface area contributed by atoms with Gasteiger partial charge in [0, 0.05) is 0 Å². The summed E-state index contributed by atoms with van der Waals surface area (Å²) < 4.78 is 29.0. The van der Waals surface area contributed by atoms with Gasteiger partial charge in [-0.2, -0.15) is 0 Å². The molecule has 0 aromatic rings. The molecule has 24 heavy (non-hydrogen) atoms. The van der Waals surface area contributed by atoms with Gasteiger partial charge in [0.1, 0.15) is 0 Å². The van der Waals surface area contributed by atoms with Gasteiger partial charge < -0.3 is 9.64 Å². The van der Waals surface area contributed by atoms with Gasteiger partial charge in [0.2, 0.25) is 0 Å². The minimum Gasteiger partial charge on any atom is -0.459 e. The van der Waals surface area contributed by atoms with Crippen LogP contribution in [0.15, 0.2) is 0 Å². The number of alkyl halides is 2. The highest BCUT2D eigenvalue weighted by Gasteiger charge is 2.55. The van der Waals surface area contributed by atoms with E-state index in [0.717, 1.165) is 19.3 Å². The number of hydrogen-bond acceptors (Lipinski definition) is 3. The van der Waals surface area contributed by atoms with Crippen LogP contribution in [0.2, 0.25) is 0 Å². The molecule has 4 aliphatic carbocycles. The van der Waals surface area contributed by atoms with Crippen LogP contribution in [0.4, 0.5) is 8.78 Å². The van der Waals surface area contributed by atoms with E-state index in [9.17, 15) is 13.6 Å². The maximum absolute atomic E-state index is 12.1. The molecular formula is C19H33F2NO2. The average molecular weight is 345 g/mol. The molecule has 4 aliphatic rings. The highest BCUT2D eigenvalue weighted by Crippen LogP contribution is 2.60. The van der Waals surface area contributed by atoms with Crippen molar-refractivity contribution in [2.45, 2.75) is 65.7 Å². The highest BCUT2D eigenvalue weighted by molar-refractivity contribution is 5.77. The van der Waals surface area contributed by atoms with Gasteiger partial charge in [-0.1, -0.05) is 20.8 Å². The first-order valence-electron chi connectivity index (χ1n) is 9.60. The van der Waals surface area contributed by atoms with Crippen molar-refractivity contribution in [3.63, 3.8) is 0 Å². The summed E-state index contributed by atoms with van der Waals surface area (Å²) in [5.74, 6) is 1.57. The average Bonchev–Trinajstić information content (AvgIpc) is 2.53. The van der Waals surface area contributed by atoms with Gasteiger partial charge in [0.25, 0.3) is 6.43 Å². The molecule has 3 nitrogen and oxygen atoms in total. The van der Waals surface area contributed by atoms with Crippen molar-refractivity contribution in [1.29, 1.82) is 0 Å². The number of carbonyl (C=O) groups excluding carboxylic acids is 1. The summed E-state index contributed by atoms with van der Waals surface area (Å²) >= 11 is 0. The van der Waals surface area contributed by atoms with Gasteiger partial charge >= 0.3 is 5.97 Å². The van der Waals surface area contributed by atoms with E-state index in [1.54, 1.807) is 0 Å². The molecule has 0 aromatic carbocycles. The van der Waals surface area contributed by atoms with Gasteiger partial charge in [-0.05, 0) is 75.9 Å². The van der Waals surface area contributed by atoms with Crippen LogP contribution in [0, 0.1) is 23.2 Å². The predicted octanol–water partition coefficient (Wildman–Crippen LogP) is 4.36. The van der Waals surface area contributed by atoms with E-state index in [1.807, 2.05) is 0 Å². The van der Waals surface area contributed by atoms with E-state index in [-0.39, 0.29) is 5.97 Å². The Morgan fingerprint density at radius 2 is 1.42 bits per heavy atom. The SMILES string of the molecule is CCN(CC)CC.O=C(OCC(F)F)C12CC3CC(CC(C3)C1)C2. The van der Waals surface area contributed by atoms with Gasteiger partial charge in [-0.3, -0.25) is 4.79 Å². The first-order chi connectivity index (χ1) is 11.4. The third-order valence-electron chi connectivity index (χ3n) is 6.15. The van der Waals surface area contributed by atoms with E-state index in [1.165, 1.54) is 38.9 Å². The second-order valence-corrected chi connectivity index (χ2v) is 7.81. The Kier molecular flexibility index (Phi) is 7.02. The summed E-state index contributed by atoms with van der Waals surface area (Å²) in [7, 11) is 0. The maximum Gasteiger partial charge on any atom is 0.312 e. The van der Waals surface area contributed by atoms with Crippen molar-refractivity contribution in [1.82, 2.24) is 4.90 Å². The Hall–Kier alpha value is -0.710. The maximum atomic E-state index is 12.1. The van der Waals surface area contributed by atoms with Crippen LogP contribution in [0.25, 0.3) is 0 Å². The zero-order valence-electron chi connectivity index (χ0n) is 15.4. The molecule has 0 heterocycles. The fourth-order valence-electron chi connectivity index (χ4n) is 5.32. The molecule has 0 saturated heterocycles. The van der Waals surface area contributed by atoms with Crippen molar-refractivity contribution < 1.29 is 18.3 Å². The highest BCUT2D eigenvalue weighted by atomic mass is 19.3. The molecule has 0 N–H and O–H groups in total. The molecule has 140 valence electrons. The third-order valence-corrected chi connectivity index (χ3v) is 6.15. The van der Waals surface area contributed by atoms with Crippen LogP contribution in [0.1, 0.15) is 59.3 Å². The number of rotatable bonds is 6. The minimum absolute atomic E-state index is 0.350. The molecule has 5 heteroatoms. The summed E-state index contributed by atoms with van der Waals surface area (Å²) in [6, 6.07) is 0. The lowest BCUT2D eigenvalue weighted by Gasteiger charge is -2.55. The molecular weight excluding hydrogens is 312 g/mol. The predicted molar refractivity (Wildman–Crippen MR) is 91.0 cm³/mol. The van der Waals surface area contributed by atoms with E-state index < -0.39 is 18.4 Å². The second-order valence-electron chi connectivity index (χ2n) is 7.81. The van der Waals surface area contributed by atoms with Crippen molar-refractivity contribution in [2.75, 3.05) is 26.2 Å². The number of nitrogens with zero attached hydrogens (tertiary/aromatic N) is 1. The summed E-state index contributed by atoms with van der Waals surface area (Å²) in [5, 5.41) is 0. The number of hydrogen-bond donors (Lipinski definition) is 0. The number of carbonyl (C=O) groups is 1. The Bertz CT molecular complexity index is 369. The molecule has 0 amide bonds. The summed E-state index contributed by atoms with van der Waals surface area (Å²) in [4.78, 5) is 14.4. The van der Waals surface area contributed by atoms with Gasteiger partial charge in [-0.15, -0.1) is 0 Å². The Balaban J connectivity index is 0.000000256. The largest absolute Gasteiger partial charge is 0.459 e. The van der Waals surface area contributed by atoms with Crippen LogP contribution in [-0.2, 0) is 9.53 Å². The number of ether oxygens (including phenoxy) is 1. The third kappa shape index (κ3) is 4.68. The molecule has 4 fully saturated rings. The molecule has 4 saturated carbocycles. The van der Waals surface area contributed by atoms with Crippen LogP contribution >= 0.6 is 0 Å². The Morgan fingerprint density at radius 3 is 1.71 bits per heavy atom. The molecule has 0 unspecified atom stereocenters. The molecule has 0 aliphatic heterocycles. The van der Waals surface area contributed by atoms with E-state index in [0.29, 0.717) is 17.8 Å².